The number of ketones is 1. The lowest BCUT2D eigenvalue weighted by atomic mass is 9.94. The van der Waals surface area contributed by atoms with Crippen LogP contribution in [-0.2, 0) is 4.74 Å². The van der Waals surface area contributed by atoms with Gasteiger partial charge < -0.3 is 4.74 Å². The number of ether oxygens (including phenoxy) is 1. The zero-order valence-corrected chi connectivity index (χ0v) is 18.8. The summed E-state index contributed by atoms with van der Waals surface area (Å²) in [5.74, 6) is -4.78. The van der Waals surface area contributed by atoms with Gasteiger partial charge in [0.2, 0.25) is 5.78 Å². The third-order valence-electron chi connectivity index (χ3n) is 5.99. The number of Topliss-reactive ketones (excluding diaryl/α,β-unsaturated/α-hetero) is 1. The Kier molecular flexibility index (Phi) is 5.64. The Morgan fingerprint density at radius 3 is 1.94 bits per heavy atom. The molecular weight excluding hydrogens is 468 g/mol. The summed E-state index contributed by atoms with van der Waals surface area (Å²) in [6.45, 7) is 1.32. The second-order valence-corrected chi connectivity index (χ2v) is 8.24. The predicted octanol–water partition coefficient (Wildman–Crippen LogP) is 5.35. The first-order valence-electron chi connectivity index (χ1n) is 11.0. The van der Waals surface area contributed by atoms with E-state index < -0.39 is 41.3 Å². The van der Waals surface area contributed by atoms with Crippen LogP contribution >= 0.6 is 0 Å². The molecule has 0 N–H and O–H groups in total. The first kappa shape index (κ1) is 23.0. The average Bonchev–Trinajstić information content (AvgIpc) is 2.88. The fourth-order valence-electron chi connectivity index (χ4n) is 4.18. The van der Waals surface area contributed by atoms with Crippen LogP contribution in [0.1, 0.15) is 48.4 Å². The van der Waals surface area contributed by atoms with Crippen molar-refractivity contribution >= 4 is 40.0 Å². The van der Waals surface area contributed by atoms with E-state index in [-0.39, 0.29) is 16.8 Å². The Morgan fingerprint density at radius 2 is 1.36 bits per heavy atom. The summed E-state index contributed by atoms with van der Waals surface area (Å²) in [6, 6.07) is 18.7. The van der Waals surface area contributed by atoms with Gasteiger partial charge in [-0.25, -0.2) is 18.5 Å². The summed E-state index contributed by atoms with van der Waals surface area (Å²) in [5, 5.41) is 1.39. The predicted molar refractivity (Wildman–Crippen MR) is 127 cm³/mol. The monoisotopic (exact) mass is 485 g/mol. The molecule has 178 valence electrons. The number of imide groups is 1. The number of nitrogens with zero attached hydrogens (tertiary/aromatic N) is 1. The summed E-state index contributed by atoms with van der Waals surface area (Å²) in [4.78, 5) is 52.4. The summed E-state index contributed by atoms with van der Waals surface area (Å²) in [5.41, 5.74) is 0.996. The van der Waals surface area contributed by atoms with Crippen LogP contribution in [0.3, 0.4) is 0 Å². The number of carbonyl (C=O) groups excluding carboxylic acids is 4. The molecule has 1 aliphatic heterocycles. The molecule has 1 atom stereocenters. The maximum atomic E-state index is 13.4. The molecule has 4 aromatic rings. The van der Waals surface area contributed by atoms with Crippen LogP contribution in [0.15, 0.2) is 78.9 Å². The molecule has 8 heteroatoms. The standard InChI is InChI=1S/C28H17F2NO5/c1-15(25(32)18-10-13-22(29)23(30)14-18)36-28(35)17-8-11-19(12-9-17)31-26(33)20-6-2-4-16-5-3-7-21(24(16)20)27(31)34/h2-15H,1H3. The number of halogens is 2. The molecule has 0 saturated heterocycles. The number of carbonyl (C=O) groups is 4. The minimum absolute atomic E-state index is 0.0723. The van der Waals surface area contributed by atoms with Crippen molar-refractivity contribution in [2.45, 2.75) is 13.0 Å². The van der Waals surface area contributed by atoms with Gasteiger partial charge in [0.05, 0.1) is 11.3 Å². The molecule has 36 heavy (non-hydrogen) atoms. The quantitative estimate of drug-likeness (QED) is 0.216. The molecule has 0 radical (unpaired) electrons. The van der Waals surface area contributed by atoms with Gasteiger partial charge in [-0.2, -0.15) is 0 Å². The van der Waals surface area contributed by atoms with Crippen molar-refractivity contribution in [3.63, 3.8) is 0 Å². The van der Waals surface area contributed by atoms with Gasteiger partial charge in [0.15, 0.2) is 17.7 Å². The maximum Gasteiger partial charge on any atom is 0.338 e. The molecule has 0 bridgehead atoms. The minimum atomic E-state index is -1.26. The second kappa shape index (κ2) is 8.81. The molecule has 4 aromatic carbocycles. The third-order valence-corrected chi connectivity index (χ3v) is 5.99. The van der Waals surface area contributed by atoms with Gasteiger partial charge in [-0.3, -0.25) is 14.4 Å². The van der Waals surface area contributed by atoms with Crippen molar-refractivity contribution in [2.75, 3.05) is 4.90 Å². The Morgan fingerprint density at radius 1 is 0.778 bits per heavy atom. The molecular formula is C28H17F2NO5. The van der Waals surface area contributed by atoms with E-state index in [2.05, 4.69) is 0 Å². The molecule has 0 aliphatic carbocycles. The van der Waals surface area contributed by atoms with E-state index in [1.54, 1.807) is 24.3 Å². The normalized spacial score (nSPS) is 13.6. The van der Waals surface area contributed by atoms with Crippen molar-refractivity contribution in [3.8, 4) is 0 Å². The van der Waals surface area contributed by atoms with Gasteiger partial charge in [-0.05, 0) is 66.9 Å². The van der Waals surface area contributed by atoms with Crippen LogP contribution in [0.2, 0.25) is 0 Å². The van der Waals surface area contributed by atoms with Crippen LogP contribution in [0.25, 0.3) is 10.8 Å². The van der Waals surface area contributed by atoms with E-state index >= 15 is 0 Å². The maximum absolute atomic E-state index is 13.4. The van der Waals surface area contributed by atoms with Crippen molar-refractivity contribution in [1.82, 2.24) is 0 Å². The van der Waals surface area contributed by atoms with Crippen LogP contribution in [0, 0.1) is 11.6 Å². The molecule has 1 heterocycles. The number of benzene rings is 4. The van der Waals surface area contributed by atoms with Crippen molar-refractivity contribution in [1.29, 1.82) is 0 Å². The lowest BCUT2D eigenvalue weighted by Gasteiger charge is -2.27. The first-order chi connectivity index (χ1) is 17.3. The highest BCUT2D eigenvalue weighted by Crippen LogP contribution is 2.32. The number of hydrogen-bond acceptors (Lipinski definition) is 5. The van der Waals surface area contributed by atoms with Gasteiger partial charge in [-0.1, -0.05) is 24.3 Å². The third kappa shape index (κ3) is 3.82. The average molecular weight is 485 g/mol. The Labute approximate surface area is 203 Å². The molecule has 0 saturated carbocycles. The van der Waals surface area contributed by atoms with E-state index in [1.165, 1.54) is 31.2 Å². The molecule has 1 aliphatic rings. The molecule has 5 rings (SSSR count). The fourth-order valence-corrected chi connectivity index (χ4v) is 4.18. The number of anilines is 1. The summed E-state index contributed by atoms with van der Waals surface area (Å²) in [7, 11) is 0. The lowest BCUT2D eigenvalue weighted by Crippen LogP contribution is -2.40. The number of rotatable bonds is 5. The zero-order valence-electron chi connectivity index (χ0n) is 18.8. The van der Waals surface area contributed by atoms with Gasteiger partial charge in [0, 0.05) is 22.1 Å². The largest absolute Gasteiger partial charge is 0.451 e. The zero-order chi connectivity index (χ0) is 25.6. The van der Waals surface area contributed by atoms with Crippen molar-refractivity contribution < 1.29 is 32.7 Å². The summed E-state index contributed by atoms with van der Waals surface area (Å²) in [6.07, 6.45) is -1.26. The molecule has 0 spiro atoms. The van der Waals surface area contributed by atoms with Gasteiger partial charge in [0.1, 0.15) is 0 Å². The fraction of sp³-hybridized carbons (Fsp3) is 0.0714. The van der Waals surface area contributed by atoms with Crippen molar-refractivity contribution in [3.05, 3.63) is 113 Å². The van der Waals surface area contributed by atoms with Crippen LogP contribution < -0.4 is 4.90 Å². The Hall–Kier alpha value is -4.72. The molecule has 6 nitrogen and oxygen atoms in total. The number of hydrogen-bond donors (Lipinski definition) is 0. The number of amides is 2. The van der Waals surface area contributed by atoms with E-state index in [0.29, 0.717) is 16.5 Å². The molecule has 0 fully saturated rings. The number of esters is 1. The van der Waals surface area contributed by atoms with E-state index in [1.807, 2.05) is 12.1 Å². The summed E-state index contributed by atoms with van der Waals surface area (Å²) >= 11 is 0. The summed E-state index contributed by atoms with van der Waals surface area (Å²) < 4.78 is 31.7. The lowest BCUT2D eigenvalue weighted by molar-refractivity contribution is 0.0318. The Bertz CT molecular complexity index is 1530. The topological polar surface area (TPSA) is 80.8 Å². The van der Waals surface area contributed by atoms with Gasteiger partial charge >= 0.3 is 5.97 Å². The highest BCUT2D eigenvalue weighted by atomic mass is 19.2. The highest BCUT2D eigenvalue weighted by molar-refractivity contribution is 6.35. The first-order valence-corrected chi connectivity index (χ1v) is 11.0. The highest BCUT2D eigenvalue weighted by Gasteiger charge is 2.34. The molecule has 2 amide bonds. The van der Waals surface area contributed by atoms with E-state index in [0.717, 1.165) is 28.5 Å². The van der Waals surface area contributed by atoms with Gasteiger partial charge in [0.25, 0.3) is 11.8 Å². The van der Waals surface area contributed by atoms with E-state index in [4.69, 9.17) is 4.74 Å². The Balaban J connectivity index is 1.35. The van der Waals surface area contributed by atoms with Crippen LogP contribution in [-0.4, -0.2) is 29.7 Å². The second-order valence-electron chi connectivity index (χ2n) is 8.24. The van der Waals surface area contributed by atoms with E-state index in [9.17, 15) is 28.0 Å². The molecule has 1 unspecified atom stereocenters. The van der Waals surface area contributed by atoms with Crippen LogP contribution in [0.5, 0.6) is 0 Å². The minimum Gasteiger partial charge on any atom is -0.451 e. The van der Waals surface area contributed by atoms with Gasteiger partial charge in [-0.15, -0.1) is 0 Å². The van der Waals surface area contributed by atoms with Crippen molar-refractivity contribution in [2.24, 2.45) is 0 Å². The molecule has 0 aromatic heterocycles. The van der Waals surface area contributed by atoms with Crippen LogP contribution in [0.4, 0.5) is 14.5 Å². The smallest absolute Gasteiger partial charge is 0.338 e. The SMILES string of the molecule is CC(OC(=O)c1ccc(N2C(=O)c3cccc4cccc(c34)C2=O)cc1)C(=O)c1ccc(F)c(F)c1.